The Balaban J connectivity index is 1.97. The molecule has 1 fully saturated rings. The molecule has 4 nitrogen and oxygen atoms in total. The lowest BCUT2D eigenvalue weighted by molar-refractivity contribution is 0.623. The van der Waals surface area contributed by atoms with Crippen molar-refractivity contribution in [1.29, 1.82) is 0 Å². The quantitative estimate of drug-likeness (QED) is 0.902. The van der Waals surface area contributed by atoms with Crippen LogP contribution in [-0.4, -0.2) is 22.9 Å². The van der Waals surface area contributed by atoms with Crippen LogP contribution in [0.15, 0.2) is 24.4 Å². The van der Waals surface area contributed by atoms with Crippen LogP contribution in [0.3, 0.4) is 0 Å². The van der Waals surface area contributed by atoms with Gasteiger partial charge in [0.05, 0.1) is 11.9 Å². The fraction of sp³-hybridized carbons (Fsp3) is 0.357. The highest BCUT2D eigenvalue weighted by Gasteiger charge is 2.17. The molecule has 0 radical (unpaired) electrons. The van der Waals surface area contributed by atoms with Crippen molar-refractivity contribution in [3.05, 3.63) is 30.2 Å². The number of anilines is 2. The van der Waals surface area contributed by atoms with Crippen molar-refractivity contribution in [3.63, 3.8) is 0 Å². The standard InChI is InChI=1S/C14H17FN4/c1-18-14(16)11(9-17-18)10-4-5-13(12(15)8-10)19-6-2-3-7-19/h4-5,8-9H,2-3,6-7,16H2,1H3. The second kappa shape index (κ2) is 4.57. The van der Waals surface area contributed by atoms with Crippen LogP contribution in [0.25, 0.3) is 11.1 Å². The van der Waals surface area contributed by atoms with Crippen LogP contribution in [0.2, 0.25) is 0 Å². The molecule has 3 rings (SSSR count). The van der Waals surface area contributed by atoms with Crippen LogP contribution in [0.1, 0.15) is 12.8 Å². The number of nitrogens with zero attached hydrogens (tertiary/aromatic N) is 3. The molecule has 1 saturated heterocycles. The number of rotatable bonds is 2. The fourth-order valence-corrected chi connectivity index (χ4v) is 2.56. The van der Waals surface area contributed by atoms with Gasteiger partial charge in [-0.2, -0.15) is 5.10 Å². The summed E-state index contributed by atoms with van der Waals surface area (Å²) in [7, 11) is 1.77. The molecule has 1 aromatic carbocycles. The van der Waals surface area contributed by atoms with Gasteiger partial charge >= 0.3 is 0 Å². The average molecular weight is 260 g/mol. The molecule has 1 aliphatic heterocycles. The van der Waals surface area contributed by atoms with Crippen molar-refractivity contribution < 1.29 is 4.39 Å². The van der Waals surface area contributed by atoms with Gasteiger partial charge in [0.1, 0.15) is 11.6 Å². The Morgan fingerprint density at radius 1 is 1.26 bits per heavy atom. The molecule has 2 heterocycles. The molecule has 0 amide bonds. The van der Waals surface area contributed by atoms with E-state index in [0.29, 0.717) is 11.5 Å². The second-order valence-corrected chi connectivity index (χ2v) is 4.93. The van der Waals surface area contributed by atoms with Crippen molar-refractivity contribution in [2.24, 2.45) is 7.05 Å². The van der Waals surface area contributed by atoms with Gasteiger partial charge in [0, 0.05) is 25.7 Å². The normalized spacial score (nSPS) is 15.2. The molecule has 0 spiro atoms. The molecule has 100 valence electrons. The van der Waals surface area contributed by atoms with E-state index in [-0.39, 0.29) is 5.82 Å². The Hall–Kier alpha value is -2.04. The van der Waals surface area contributed by atoms with E-state index >= 15 is 0 Å². The number of benzene rings is 1. The van der Waals surface area contributed by atoms with Gasteiger partial charge in [0.15, 0.2) is 0 Å². The molecule has 1 aromatic heterocycles. The average Bonchev–Trinajstić information content (AvgIpc) is 3.01. The first-order chi connectivity index (χ1) is 9.16. The number of hydrogen-bond donors (Lipinski definition) is 1. The summed E-state index contributed by atoms with van der Waals surface area (Å²) in [6.07, 6.45) is 3.94. The first-order valence-corrected chi connectivity index (χ1v) is 6.49. The molecule has 0 atom stereocenters. The molecule has 2 N–H and O–H groups in total. The van der Waals surface area contributed by atoms with Gasteiger partial charge in [0.25, 0.3) is 0 Å². The first-order valence-electron chi connectivity index (χ1n) is 6.49. The molecule has 0 saturated carbocycles. The van der Waals surface area contributed by atoms with Crippen LogP contribution in [0.5, 0.6) is 0 Å². The largest absolute Gasteiger partial charge is 0.383 e. The zero-order chi connectivity index (χ0) is 13.4. The highest BCUT2D eigenvalue weighted by molar-refractivity contribution is 5.75. The Morgan fingerprint density at radius 3 is 2.58 bits per heavy atom. The third-order valence-electron chi connectivity index (χ3n) is 3.69. The second-order valence-electron chi connectivity index (χ2n) is 4.93. The summed E-state index contributed by atoms with van der Waals surface area (Å²) < 4.78 is 15.8. The summed E-state index contributed by atoms with van der Waals surface area (Å²) in [6.45, 7) is 1.87. The summed E-state index contributed by atoms with van der Waals surface area (Å²) in [5, 5.41) is 4.08. The van der Waals surface area contributed by atoms with Gasteiger partial charge < -0.3 is 10.6 Å². The lowest BCUT2D eigenvalue weighted by atomic mass is 10.1. The van der Waals surface area contributed by atoms with E-state index in [2.05, 4.69) is 10.00 Å². The van der Waals surface area contributed by atoms with Crippen molar-refractivity contribution in [2.45, 2.75) is 12.8 Å². The van der Waals surface area contributed by atoms with Crippen LogP contribution in [-0.2, 0) is 7.05 Å². The molecule has 5 heteroatoms. The molecule has 0 unspecified atom stereocenters. The van der Waals surface area contributed by atoms with Crippen LogP contribution in [0, 0.1) is 5.82 Å². The minimum Gasteiger partial charge on any atom is -0.383 e. The summed E-state index contributed by atoms with van der Waals surface area (Å²) in [5.74, 6) is 0.357. The van der Waals surface area contributed by atoms with Gasteiger partial charge in [0.2, 0.25) is 0 Å². The van der Waals surface area contributed by atoms with Gasteiger partial charge in [-0.1, -0.05) is 6.07 Å². The van der Waals surface area contributed by atoms with Crippen LogP contribution in [0.4, 0.5) is 15.9 Å². The lowest BCUT2D eigenvalue weighted by Crippen LogP contribution is -2.18. The smallest absolute Gasteiger partial charge is 0.147 e. The molecular weight excluding hydrogens is 243 g/mol. The van der Waals surface area contributed by atoms with Crippen LogP contribution >= 0.6 is 0 Å². The molecule has 1 aliphatic rings. The Morgan fingerprint density at radius 2 is 2.00 bits per heavy atom. The maximum Gasteiger partial charge on any atom is 0.147 e. The number of nitrogen functional groups attached to an aromatic ring is 1. The molecule has 0 aliphatic carbocycles. The number of aromatic nitrogens is 2. The highest BCUT2D eigenvalue weighted by Crippen LogP contribution is 2.30. The topological polar surface area (TPSA) is 47.1 Å². The number of nitrogens with two attached hydrogens (primary N) is 1. The maximum absolute atomic E-state index is 14.2. The zero-order valence-corrected chi connectivity index (χ0v) is 10.9. The Bertz CT molecular complexity index is 599. The van der Waals surface area contributed by atoms with E-state index in [1.165, 1.54) is 0 Å². The van der Waals surface area contributed by atoms with Gasteiger partial charge in [-0.3, -0.25) is 4.68 Å². The number of halogens is 1. The van der Waals surface area contributed by atoms with Gasteiger partial charge in [-0.15, -0.1) is 0 Å². The molecule has 19 heavy (non-hydrogen) atoms. The number of hydrogen-bond acceptors (Lipinski definition) is 3. The third kappa shape index (κ3) is 2.05. The van der Waals surface area contributed by atoms with E-state index in [0.717, 1.165) is 37.1 Å². The molecule has 2 aromatic rings. The van der Waals surface area contributed by atoms with E-state index < -0.39 is 0 Å². The van der Waals surface area contributed by atoms with E-state index in [1.54, 1.807) is 24.0 Å². The van der Waals surface area contributed by atoms with Crippen molar-refractivity contribution in [2.75, 3.05) is 23.7 Å². The van der Waals surface area contributed by atoms with E-state index in [9.17, 15) is 4.39 Å². The predicted octanol–water partition coefficient (Wildman–Crippen LogP) is 2.41. The zero-order valence-electron chi connectivity index (χ0n) is 10.9. The van der Waals surface area contributed by atoms with Gasteiger partial charge in [-0.05, 0) is 30.5 Å². The lowest BCUT2D eigenvalue weighted by Gasteiger charge is -2.18. The SMILES string of the molecule is Cn1ncc(-c2ccc(N3CCCC3)c(F)c2)c1N. The maximum atomic E-state index is 14.2. The summed E-state index contributed by atoms with van der Waals surface area (Å²) in [5.41, 5.74) is 8.14. The van der Waals surface area contributed by atoms with Crippen molar-refractivity contribution >= 4 is 11.5 Å². The third-order valence-corrected chi connectivity index (χ3v) is 3.69. The summed E-state index contributed by atoms with van der Waals surface area (Å²) >= 11 is 0. The summed E-state index contributed by atoms with van der Waals surface area (Å²) in [6, 6.07) is 5.29. The molecular formula is C14H17FN4. The first kappa shape index (κ1) is 12.0. The minimum absolute atomic E-state index is 0.192. The van der Waals surface area contributed by atoms with Crippen molar-refractivity contribution in [3.8, 4) is 11.1 Å². The Kier molecular flexibility index (Phi) is 2.89. The van der Waals surface area contributed by atoms with E-state index in [1.807, 2.05) is 12.1 Å². The van der Waals surface area contributed by atoms with Gasteiger partial charge in [-0.25, -0.2) is 4.39 Å². The fourth-order valence-electron chi connectivity index (χ4n) is 2.56. The number of aryl methyl sites for hydroxylation is 1. The predicted molar refractivity (Wildman–Crippen MR) is 74.5 cm³/mol. The van der Waals surface area contributed by atoms with E-state index in [4.69, 9.17) is 5.73 Å². The van der Waals surface area contributed by atoms with Crippen LogP contribution < -0.4 is 10.6 Å². The Labute approximate surface area is 111 Å². The highest BCUT2D eigenvalue weighted by atomic mass is 19.1. The van der Waals surface area contributed by atoms with Crippen molar-refractivity contribution in [1.82, 2.24) is 9.78 Å². The summed E-state index contributed by atoms with van der Waals surface area (Å²) in [4.78, 5) is 2.09. The molecule has 0 bridgehead atoms. The monoisotopic (exact) mass is 260 g/mol. The minimum atomic E-state index is -0.192.